The third-order valence-electron chi connectivity index (χ3n) is 1.88. The standard InChI is InChI=1S/C9H9ClN4/c10-8-2-1-7(6-11)5-9(8)14-12-3-4-13-14/h1-5H,6,11H2. The predicted molar refractivity (Wildman–Crippen MR) is 54.3 cm³/mol. The Morgan fingerprint density at radius 2 is 2.00 bits per heavy atom. The molecule has 5 heteroatoms. The van der Waals surface area contributed by atoms with Crippen LogP contribution in [0.2, 0.25) is 5.02 Å². The van der Waals surface area contributed by atoms with Crippen LogP contribution in [0.3, 0.4) is 0 Å². The number of rotatable bonds is 2. The van der Waals surface area contributed by atoms with Gasteiger partial charge in [0.1, 0.15) is 5.69 Å². The molecule has 0 saturated carbocycles. The first-order valence-electron chi connectivity index (χ1n) is 4.16. The molecule has 0 spiro atoms. The number of hydrogen-bond donors (Lipinski definition) is 1. The molecule has 0 fully saturated rings. The molecule has 0 atom stereocenters. The predicted octanol–water partition coefficient (Wildman–Crippen LogP) is 1.38. The van der Waals surface area contributed by atoms with E-state index in [1.165, 1.54) is 4.80 Å². The molecular formula is C9H9ClN4. The van der Waals surface area contributed by atoms with Crippen LogP contribution in [0.15, 0.2) is 30.6 Å². The lowest BCUT2D eigenvalue weighted by molar-refractivity contribution is 0.750. The van der Waals surface area contributed by atoms with Gasteiger partial charge in [-0.2, -0.15) is 15.0 Å². The molecule has 0 saturated heterocycles. The number of halogens is 1. The van der Waals surface area contributed by atoms with E-state index in [-0.39, 0.29) is 0 Å². The Bertz CT molecular complexity index is 424. The van der Waals surface area contributed by atoms with Crippen molar-refractivity contribution in [3.05, 3.63) is 41.2 Å². The van der Waals surface area contributed by atoms with Crippen molar-refractivity contribution in [2.24, 2.45) is 5.73 Å². The van der Waals surface area contributed by atoms with E-state index in [2.05, 4.69) is 10.2 Å². The molecule has 2 rings (SSSR count). The van der Waals surface area contributed by atoms with E-state index in [0.29, 0.717) is 11.6 Å². The average molecular weight is 209 g/mol. The lowest BCUT2D eigenvalue weighted by Gasteiger charge is -2.04. The Labute approximate surface area is 86.3 Å². The molecule has 0 amide bonds. The summed E-state index contributed by atoms with van der Waals surface area (Å²) in [6.07, 6.45) is 3.21. The highest BCUT2D eigenvalue weighted by Gasteiger charge is 2.04. The highest BCUT2D eigenvalue weighted by Crippen LogP contribution is 2.19. The van der Waals surface area contributed by atoms with E-state index in [1.54, 1.807) is 18.5 Å². The van der Waals surface area contributed by atoms with E-state index in [4.69, 9.17) is 17.3 Å². The molecule has 14 heavy (non-hydrogen) atoms. The van der Waals surface area contributed by atoms with E-state index >= 15 is 0 Å². The van der Waals surface area contributed by atoms with Crippen LogP contribution in [-0.4, -0.2) is 15.0 Å². The summed E-state index contributed by atoms with van der Waals surface area (Å²) in [6.45, 7) is 0.478. The molecular weight excluding hydrogens is 200 g/mol. The van der Waals surface area contributed by atoms with Crippen molar-refractivity contribution >= 4 is 11.6 Å². The Balaban J connectivity index is 2.51. The first-order valence-corrected chi connectivity index (χ1v) is 4.54. The molecule has 0 radical (unpaired) electrons. The van der Waals surface area contributed by atoms with Gasteiger partial charge in [-0.3, -0.25) is 0 Å². The molecule has 1 aromatic heterocycles. The minimum Gasteiger partial charge on any atom is -0.326 e. The lowest BCUT2D eigenvalue weighted by Crippen LogP contribution is -2.02. The molecule has 0 aliphatic heterocycles. The fourth-order valence-electron chi connectivity index (χ4n) is 1.18. The number of nitrogens with two attached hydrogens (primary N) is 1. The molecule has 1 aromatic carbocycles. The Morgan fingerprint density at radius 1 is 1.29 bits per heavy atom. The average Bonchev–Trinajstić information content (AvgIpc) is 2.71. The van der Waals surface area contributed by atoms with Gasteiger partial charge in [0.25, 0.3) is 0 Å². The van der Waals surface area contributed by atoms with E-state index in [0.717, 1.165) is 11.3 Å². The lowest BCUT2D eigenvalue weighted by atomic mass is 10.2. The molecule has 0 bridgehead atoms. The number of nitrogens with zero attached hydrogens (tertiary/aromatic N) is 3. The SMILES string of the molecule is NCc1ccc(Cl)c(-n2nccn2)c1. The van der Waals surface area contributed by atoms with Gasteiger partial charge in [-0.25, -0.2) is 0 Å². The molecule has 0 aliphatic carbocycles. The first kappa shape index (κ1) is 9.18. The monoisotopic (exact) mass is 208 g/mol. The summed E-state index contributed by atoms with van der Waals surface area (Å²) in [6, 6.07) is 5.56. The number of benzene rings is 1. The van der Waals surface area contributed by atoms with Crippen molar-refractivity contribution in [1.29, 1.82) is 0 Å². The zero-order chi connectivity index (χ0) is 9.97. The summed E-state index contributed by atoms with van der Waals surface area (Å²) in [7, 11) is 0. The van der Waals surface area contributed by atoms with E-state index in [1.807, 2.05) is 12.1 Å². The topological polar surface area (TPSA) is 56.7 Å². The van der Waals surface area contributed by atoms with Gasteiger partial charge in [0, 0.05) is 6.54 Å². The molecule has 72 valence electrons. The van der Waals surface area contributed by atoms with Gasteiger partial charge < -0.3 is 5.73 Å². The third kappa shape index (κ3) is 1.62. The zero-order valence-corrected chi connectivity index (χ0v) is 8.15. The van der Waals surface area contributed by atoms with Crippen LogP contribution < -0.4 is 5.73 Å². The van der Waals surface area contributed by atoms with Gasteiger partial charge in [-0.15, -0.1) is 0 Å². The van der Waals surface area contributed by atoms with Gasteiger partial charge in [0.2, 0.25) is 0 Å². The highest BCUT2D eigenvalue weighted by atomic mass is 35.5. The minimum atomic E-state index is 0.478. The maximum absolute atomic E-state index is 6.00. The molecule has 2 aromatic rings. The second-order valence-corrected chi connectivity index (χ2v) is 3.22. The minimum absolute atomic E-state index is 0.478. The number of hydrogen-bond acceptors (Lipinski definition) is 3. The summed E-state index contributed by atoms with van der Waals surface area (Å²) in [5.74, 6) is 0. The third-order valence-corrected chi connectivity index (χ3v) is 2.20. The first-order chi connectivity index (χ1) is 6.81. The van der Waals surface area contributed by atoms with Crippen molar-refractivity contribution in [3.8, 4) is 5.69 Å². The Kier molecular flexibility index (Phi) is 2.47. The molecule has 2 N–H and O–H groups in total. The van der Waals surface area contributed by atoms with Crippen LogP contribution in [0.5, 0.6) is 0 Å². The summed E-state index contributed by atoms with van der Waals surface area (Å²) in [4.78, 5) is 1.47. The maximum atomic E-state index is 6.00. The maximum Gasteiger partial charge on any atom is 0.105 e. The molecule has 4 nitrogen and oxygen atoms in total. The van der Waals surface area contributed by atoms with Gasteiger partial charge in [-0.1, -0.05) is 17.7 Å². The van der Waals surface area contributed by atoms with Crippen LogP contribution in [0.25, 0.3) is 5.69 Å². The van der Waals surface area contributed by atoms with E-state index in [9.17, 15) is 0 Å². The van der Waals surface area contributed by atoms with Gasteiger partial charge >= 0.3 is 0 Å². The Morgan fingerprint density at radius 3 is 2.64 bits per heavy atom. The van der Waals surface area contributed by atoms with Crippen molar-refractivity contribution in [3.63, 3.8) is 0 Å². The van der Waals surface area contributed by atoms with Crippen LogP contribution >= 0.6 is 11.6 Å². The largest absolute Gasteiger partial charge is 0.326 e. The summed E-state index contributed by atoms with van der Waals surface area (Å²) in [5.41, 5.74) is 7.28. The van der Waals surface area contributed by atoms with E-state index < -0.39 is 0 Å². The van der Waals surface area contributed by atoms with Crippen LogP contribution in [0.1, 0.15) is 5.56 Å². The Hall–Kier alpha value is -1.39. The quantitative estimate of drug-likeness (QED) is 0.811. The van der Waals surface area contributed by atoms with Crippen molar-refractivity contribution in [2.45, 2.75) is 6.54 Å². The smallest absolute Gasteiger partial charge is 0.105 e. The summed E-state index contributed by atoms with van der Waals surface area (Å²) < 4.78 is 0. The van der Waals surface area contributed by atoms with Crippen LogP contribution in [0, 0.1) is 0 Å². The van der Waals surface area contributed by atoms with Gasteiger partial charge in [-0.05, 0) is 17.7 Å². The van der Waals surface area contributed by atoms with Gasteiger partial charge in [0.15, 0.2) is 0 Å². The fourth-order valence-corrected chi connectivity index (χ4v) is 1.37. The zero-order valence-electron chi connectivity index (χ0n) is 7.39. The molecule has 1 heterocycles. The second-order valence-electron chi connectivity index (χ2n) is 2.81. The fraction of sp³-hybridized carbons (Fsp3) is 0.111. The molecule has 0 unspecified atom stereocenters. The second kappa shape index (κ2) is 3.77. The molecule has 0 aliphatic rings. The highest BCUT2D eigenvalue weighted by molar-refractivity contribution is 6.32. The van der Waals surface area contributed by atoms with Crippen LogP contribution in [0.4, 0.5) is 0 Å². The van der Waals surface area contributed by atoms with Crippen LogP contribution in [-0.2, 0) is 6.54 Å². The van der Waals surface area contributed by atoms with Crippen molar-refractivity contribution < 1.29 is 0 Å². The summed E-state index contributed by atoms with van der Waals surface area (Å²) in [5, 5.41) is 8.62. The normalized spacial score (nSPS) is 10.4. The van der Waals surface area contributed by atoms with Gasteiger partial charge in [0.05, 0.1) is 17.4 Å². The van der Waals surface area contributed by atoms with Crippen molar-refractivity contribution in [2.75, 3.05) is 0 Å². The van der Waals surface area contributed by atoms with Crippen molar-refractivity contribution in [1.82, 2.24) is 15.0 Å². The number of aromatic nitrogens is 3. The summed E-state index contributed by atoms with van der Waals surface area (Å²) >= 11 is 6.00.